The first-order valence-electron chi connectivity index (χ1n) is 8.71. The van der Waals surface area contributed by atoms with Gasteiger partial charge in [0.05, 0.1) is 11.7 Å². The molecule has 1 aliphatic carbocycles. The van der Waals surface area contributed by atoms with Crippen molar-refractivity contribution in [1.82, 2.24) is 4.90 Å². The number of nitrogens with zero attached hydrogens (tertiary/aromatic N) is 1. The van der Waals surface area contributed by atoms with Crippen LogP contribution in [0.15, 0.2) is 36.4 Å². The zero-order valence-corrected chi connectivity index (χ0v) is 13.9. The number of likely N-dealkylation sites (tertiary alicyclic amines) is 1. The fourth-order valence-corrected chi connectivity index (χ4v) is 4.39. The van der Waals surface area contributed by atoms with E-state index in [2.05, 4.69) is 0 Å². The molecule has 1 saturated carbocycles. The number of aromatic carboxylic acids is 1. The van der Waals surface area contributed by atoms with Gasteiger partial charge < -0.3 is 15.1 Å². The predicted molar refractivity (Wildman–Crippen MR) is 93.7 cm³/mol. The molecule has 0 aromatic heterocycles. The molecular formula is C20H21NO4. The minimum Gasteiger partial charge on any atom is -0.478 e. The molecule has 2 N–H and O–H groups in total. The molecule has 1 heterocycles. The highest BCUT2D eigenvalue weighted by molar-refractivity contribution is 6.12. The predicted octanol–water partition coefficient (Wildman–Crippen LogP) is 2.92. The van der Waals surface area contributed by atoms with E-state index >= 15 is 0 Å². The molecule has 2 aliphatic rings. The van der Waals surface area contributed by atoms with Crippen LogP contribution < -0.4 is 0 Å². The van der Waals surface area contributed by atoms with Gasteiger partial charge in [-0.25, -0.2) is 4.79 Å². The van der Waals surface area contributed by atoms with E-state index in [1.165, 1.54) is 0 Å². The molecule has 2 fully saturated rings. The van der Waals surface area contributed by atoms with Gasteiger partial charge in [0, 0.05) is 18.7 Å². The summed E-state index contributed by atoms with van der Waals surface area (Å²) in [5.41, 5.74) is 1.00. The molecular weight excluding hydrogens is 318 g/mol. The second-order valence-corrected chi connectivity index (χ2v) is 7.37. The van der Waals surface area contributed by atoms with Crippen LogP contribution in [0.4, 0.5) is 0 Å². The van der Waals surface area contributed by atoms with E-state index in [9.17, 15) is 19.8 Å². The molecule has 2 aromatic carbocycles. The molecule has 2 aromatic rings. The van der Waals surface area contributed by atoms with E-state index in [4.69, 9.17) is 0 Å². The number of benzene rings is 2. The van der Waals surface area contributed by atoms with E-state index in [1.54, 1.807) is 30.3 Å². The first kappa shape index (κ1) is 16.1. The largest absolute Gasteiger partial charge is 0.478 e. The summed E-state index contributed by atoms with van der Waals surface area (Å²) in [7, 11) is 0. The van der Waals surface area contributed by atoms with Gasteiger partial charge in [-0.15, -0.1) is 0 Å². The Morgan fingerprint density at radius 2 is 1.52 bits per heavy atom. The van der Waals surface area contributed by atoms with Crippen molar-refractivity contribution in [1.29, 1.82) is 0 Å². The van der Waals surface area contributed by atoms with Gasteiger partial charge in [-0.2, -0.15) is 0 Å². The second-order valence-electron chi connectivity index (χ2n) is 7.37. The number of amides is 1. The molecule has 0 bridgehead atoms. The number of aliphatic hydroxyl groups is 1. The van der Waals surface area contributed by atoms with Crippen LogP contribution >= 0.6 is 0 Å². The number of aliphatic hydroxyl groups excluding tert-OH is 1. The number of hydrogen-bond donors (Lipinski definition) is 2. The van der Waals surface area contributed by atoms with Gasteiger partial charge in [-0.1, -0.05) is 24.3 Å². The Balaban J connectivity index is 1.61. The van der Waals surface area contributed by atoms with E-state index in [-0.39, 0.29) is 23.0 Å². The lowest BCUT2D eigenvalue weighted by Crippen LogP contribution is -2.50. The maximum Gasteiger partial charge on any atom is 0.336 e. The minimum atomic E-state index is -0.987. The highest BCUT2D eigenvalue weighted by Crippen LogP contribution is 2.49. The lowest BCUT2D eigenvalue weighted by molar-refractivity contribution is -0.0636. The summed E-state index contributed by atoms with van der Waals surface area (Å²) in [4.78, 5) is 26.3. The number of hydrogen-bond acceptors (Lipinski definition) is 3. The standard InChI is InChI=1S/C20H21NO4/c22-13-11-20(12-13)7-9-21(10-8-20)18(23)16-5-1-4-15-14(16)3-2-6-17(15)19(24)25/h1-6,13,22H,7-12H2,(H,24,25). The fraction of sp³-hybridized carbons (Fsp3) is 0.400. The number of carbonyl (C=O) groups excluding carboxylic acids is 1. The van der Waals surface area contributed by atoms with Gasteiger partial charge in [0.15, 0.2) is 0 Å². The van der Waals surface area contributed by atoms with Crippen molar-refractivity contribution >= 4 is 22.6 Å². The third-order valence-corrected chi connectivity index (χ3v) is 5.83. The number of carboxylic acids is 1. The maximum atomic E-state index is 13.0. The summed E-state index contributed by atoms with van der Waals surface area (Å²) in [6.45, 7) is 1.39. The molecule has 0 unspecified atom stereocenters. The maximum absolute atomic E-state index is 13.0. The van der Waals surface area contributed by atoms with Crippen molar-refractivity contribution in [3.8, 4) is 0 Å². The van der Waals surface area contributed by atoms with Crippen molar-refractivity contribution in [2.24, 2.45) is 5.41 Å². The summed E-state index contributed by atoms with van der Waals surface area (Å²) in [5, 5.41) is 20.2. The topological polar surface area (TPSA) is 77.8 Å². The lowest BCUT2D eigenvalue weighted by atomic mass is 9.61. The highest BCUT2D eigenvalue weighted by atomic mass is 16.4. The van der Waals surface area contributed by atoms with Crippen LogP contribution in [0.1, 0.15) is 46.4 Å². The first-order chi connectivity index (χ1) is 12.0. The van der Waals surface area contributed by atoms with E-state index in [0.29, 0.717) is 29.4 Å². The molecule has 5 nitrogen and oxygen atoms in total. The summed E-state index contributed by atoms with van der Waals surface area (Å²) in [6, 6.07) is 10.3. The van der Waals surface area contributed by atoms with Crippen LogP contribution in [0, 0.1) is 5.41 Å². The Morgan fingerprint density at radius 1 is 0.960 bits per heavy atom. The van der Waals surface area contributed by atoms with Crippen molar-refractivity contribution < 1.29 is 19.8 Å². The smallest absolute Gasteiger partial charge is 0.336 e. The molecule has 1 spiro atoms. The molecule has 1 saturated heterocycles. The average Bonchev–Trinajstić information content (AvgIpc) is 2.59. The third kappa shape index (κ3) is 2.68. The van der Waals surface area contributed by atoms with Crippen LogP contribution in [0.5, 0.6) is 0 Å². The molecule has 1 amide bonds. The minimum absolute atomic E-state index is 0.0390. The van der Waals surface area contributed by atoms with Crippen LogP contribution in [0.3, 0.4) is 0 Å². The molecule has 5 heteroatoms. The Bertz CT molecular complexity index is 844. The second kappa shape index (κ2) is 5.85. The van der Waals surface area contributed by atoms with Crippen molar-refractivity contribution in [3.05, 3.63) is 47.5 Å². The quantitative estimate of drug-likeness (QED) is 0.882. The highest BCUT2D eigenvalue weighted by Gasteiger charge is 2.45. The van der Waals surface area contributed by atoms with Gasteiger partial charge in [-0.05, 0) is 54.0 Å². The van der Waals surface area contributed by atoms with Crippen molar-refractivity contribution in [2.75, 3.05) is 13.1 Å². The normalized spacial score (nSPS) is 19.8. The van der Waals surface area contributed by atoms with Crippen LogP contribution in [-0.2, 0) is 0 Å². The average molecular weight is 339 g/mol. The van der Waals surface area contributed by atoms with Crippen molar-refractivity contribution in [2.45, 2.75) is 31.8 Å². The summed E-state index contributed by atoms with van der Waals surface area (Å²) < 4.78 is 0. The number of carboxylic acid groups (broad SMARTS) is 1. The zero-order valence-electron chi connectivity index (χ0n) is 13.9. The monoisotopic (exact) mass is 339 g/mol. The number of piperidine rings is 1. The molecule has 4 rings (SSSR count). The van der Waals surface area contributed by atoms with Gasteiger partial charge in [0.2, 0.25) is 0 Å². The van der Waals surface area contributed by atoms with Crippen LogP contribution in [0.2, 0.25) is 0 Å². The summed E-state index contributed by atoms with van der Waals surface area (Å²) in [5.74, 6) is -1.03. The Morgan fingerprint density at radius 3 is 2.08 bits per heavy atom. The van der Waals surface area contributed by atoms with Gasteiger partial charge >= 0.3 is 5.97 Å². The molecule has 1 aliphatic heterocycles. The number of fused-ring (bicyclic) bond motifs is 1. The number of carbonyl (C=O) groups is 2. The van der Waals surface area contributed by atoms with Gasteiger partial charge in [-0.3, -0.25) is 4.79 Å². The SMILES string of the molecule is O=C(O)c1cccc2c(C(=O)N3CCC4(CC3)CC(O)C4)cccc12. The van der Waals surface area contributed by atoms with Gasteiger partial charge in [0.1, 0.15) is 0 Å². The van der Waals surface area contributed by atoms with Crippen LogP contribution in [0.25, 0.3) is 10.8 Å². The van der Waals surface area contributed by atoms with E-state index < -0.39 is 5.97 Å². The zero-order chi connectivity index (χ0) is 17.6. The van der Waals surface area contributed by atoms with E-state index in [1.807, 2.05) is 11.0 Å². The van der Waals surface area contributed by atoms with Gasteiger partial charge in [0.25, 0.3) is 5.91 Å². The van der Waals surface area contributed by atoms with Crippen molar-refractivity contribution in [3.63, 3.8) is 0 Å². The molecule has 0 atom stereocenters. The Hall–Kier alpha value is -2.40. The molecule has 130 valence electrons. The Kier molecular flexibility index (Phi) is 3.76. The molecule has 0 radical (unpaired) electrons. The Labute approximate surface area is 145 Å². The fourth-order valence-electron chi connectivity index (χ4n) is 4.39. The lowest BCUT2D eigenvalue weighted by Gasteiger charge is -2.50. The summed E-state index contributed by atoms with van der Waals surface area (Å²) in [6.07, 6.45) is 3.40. The summed E-state index contributed by atoms with van der Waals surface area (Å²) >= 11 is 0. The number of rotatable bonds is 2. The van der Waals surface area contributed by atoms with Crippen LogP contribution in [-0.4, -0.2) is 46.2 Å². The van der Waals surface area contributed by atoms with E-state index in [0.717, 1.165) is 25.7 Å². The third-order valence-electron chi connectivity index (χ3n) is 5.83. The first-order valence-corrected chi connectivity index (χ1v) is 8.71. The molecule has 25 heavy (non-hydrogen) atoms.